The number of amides is 1. The topological polar surface area (TPSA) is 77.7 Å². The van der Waals surface area contributed by atoms with Crippen molar-refractivity contribution in [1.82, 2.24) is 15.1 Å². The van der Waals surface area contributed by atoms with E-state index in [-0.39, 0.29) is 18.4 Å². The van der Waals surface area contributed by atoms with Crippen molar-refractivity contribution in [3.05, 3.63) is 11.8 Å². The molecule has 0 bridgehead atoms. The smallest absolute Gasteiger partial charge is 0.238 e. The number of hydrogen-bond donors (Lipinski definition) is 0. The summed E-state index contributed by atoms with van der Waals surface area (Å²) in [7, 11) is 0. The molecule has 0 unspecified atom stereocenters. The van der Waals surface area contributed by atoms with E-state index in [4.69, 9.17) is 13.9 Å². The van der Waals surface area contributed by atoms with Crippen LogP contribution in [0.5, 0.6) is 0 Å². The molecule has 19 heavy (non-hydrogen) atoms. The van der Waals surface area contributed by atoms with Gasteiger partial charge in [0, 0.05) is 13.5 Å². The Bertz CT molecular complexity index is 456. The van der Waals surface area contributed by atoms with Gasteiger partial charge in [0.1, 0.15) is 6.04 Å². The highest BCUT2D eigenvalue weighted by Crippen LogP contribution is 2.32. The minimum Gasteiger partial charge on any atom is -0.423 e. The van der Waals surface area contributed by atoms with Gasteiger partial charge >= 0.3 is 0 Å². The third kappa shape index (κ3) is 2.62. The van der Waals surface area contributed by atoms with Crippen molar-refractivity contribution in [3.63, 3.8) is 0 Å². The second kappa shape index (κ2) is 5.26. The van der Waals surface area contributed by atoms with Crippen LogP contribution >= 0.6 is 0 Å². The standard InChI is InChI=1S/C12H17N3O4/c1-8-13-14-12(19-8)9-3-2-4-15(9)10(16)7-11-17-5-6-18-11/h9,11H,2-7H2,1H3/t9-/m0/s1. The van der Waals surface area contributed by atoms with Gasteiger partial charge in [-0.3, -0.25) is 4.79 Å². The largest absolute Gasteiger partial charge is 0.423 e. The Morgan fingerprint density at radius 1 is 1.37 bits per heavy atom. The fourth-order valence-corrected chi connectivity index (χ4v) is 2.55. The Kier molecular flexibility index (Phi) is 3.48. The number of ether oxygens (including phenoxy) is 2. The van der Waals surface area contributed by atoms with Crippen LogP contribution in [0.2, 0.25) is 0 Å². The van der Waals surface area contributed by atoms with E-state index in [0.717, 1.165) is 19.4 Å². The molecule has 0 spiro atoms. The predicted octanol–water partition coefficient (Wildman–Crippen LogP) is 0.805. The van der Waals surface area contributed by atoms with Gasteiger partial charge in [-0.25, -0.2) is 0 Å². The first kappa shape index (κ1) is 12.6. The fourth-order valence-electron chi connectivity index (χ4n) is 2.55. The molecule has 2 aliphatic heterocycles. The second-order valence-electron chi connectivity index (χ2n) is 4.78. The molecule has 1 aromatic rings. The van der Waals surface area contributed by atoms with Crippen LogP contribution in [-0.2, 0) is 14.3 Å². The number of nitrogens with zero attached hydrogens (tertiary/aromatic N) is 3. The average molecular weight is 267 g/mol. The van der Waals surface area contributed by atoms with Crippen molar-refractivity contribution < 1.29 is 18.7 Å². The number of aryl methyl sites for hydroxylation is 1. The summed E-state index contributed by atoms with van der Waals surface area (Å²) in [5.41, 5.74) is 0. The Balaban J connectivity index is 1.66. The number of aromatic nitrogens is 2. The van der Waals surface area contributed by atoms with E-state index in [0.29, 0.717) is 25.0 Å². The van der Waals surface area contributed by atoms with Crippen LogP contribution in [0, 0.1) is 6.92 Å². The van der Waals surface area contributed by atoms with E-state index in [1.165, 1.54) is 0 Å². The van der Waals surface area contributed by atoms with Crippen LogP contribution < -0.4 is 0 Å². The Hall–Kier alpha value is -1.47. The molecule has 0 radical (unpaired) electrons. The molecule has 1 aromatic heterocycles. The lowest BCUT2D eigenvalue weighted by molar-refractivity contribution is -0.141. The molecule has 1 amide bonds. The number of hydrogen-bond acceptors (Lipinski definition) is 6. The fraction of sp³-hybridized carbons (Fsp3) is 0.750. The Morgan fingerprint density at radius 2 is 2.16 bits per heavy atom. The van der Waals surface area contributed by atoms with Crippen LogP contribution in [0.15, 0.2) is 4.42 Å². The maximum absolute atomic E-state index is 12.3. The first-order valence-corrected chi connectivity index (χ1v) is 6.57. The zero-order valence-corrected chi connectivity index (χ0v) is 10.9. The van der Waals surface area contributed by atoms with E-state index >= 15 is 0 Å². The Morgan fingerprint density at radius 3 is 2.84 bits per heavy atom. The van der Waals surface area contributed by atoms with Crippen LogP contribution in [0.1, 0.15) is 37.1 Å². The normalized spacial score (nSPS) is 24.3. The molecular formula is C12H17N3O4. The zero-order chi connectivity index (χ0) is 13.2. The van der Waals surface area contributed by atoms with Gasteiger partial charge in [-0.05, 0) is 12.8 Å². The van der Waals surface area contributed by atoms with Crippen molar-refractivity contribution in [2.24, 2.45) is 0 Å². The maximum Gasteiger partial charge on any atom is 0.238 e. The summed E-state index contributed by atoms with van der Waals surface area (Å²) in [5, 5.41) is 7.84. The maximum atomic E-state index is 12.3. The number of carbonyl (C=O) groups excluding carboxylic acids is 1. The lowest BCUT2D eigenvalue weighted by Crippen LogP contribution is -2.33. The Labute approximate surface area is 110 Å². The van der Waals surface area contributed by atoms with E-state index < -0.39 is 6.29 Å². The summed E-state index contributed by atoms with van der Waals surface area (Å²) in [4.78, 5) is 14.1. The van der Waals surface area contributed by atoms with Crippen LogP contribution in [0.3, 0.4) is 0 Å². The van der Waals surface area contributed by atoms with Crippen molar-refractivity contribution in [2.75, 3.05) is 19.8 Å². The van der Waals surface area contributed by atoms with Gasteiger partial charge in [-0.2, -0.15) is 0 Å². The third-order valence-electron chi connectivity index (χ3n) is 3.43. The molecular weight excluding hydrogens is 250 g/mol. The molecule has 2 saturated heterocycles. The third-order valence-corrected chi connectivity index (χ3v) is 3.43. The molecule has 2 fully saturated rings. The summed E-state index contributed by atoms with van der Waals surface area (Å²) >= 11 is 0. The highest BCUT2D eigenvalue weighted by atomic mass is 16.7. The molecule has 3 rings (SSSR count). The highest BCUT2D eigenvalue weighted by molar-refractivity contribution is 5.77. The summed E-state index contributed by atoms with van der Waals surface area (Å²) in [5.74, 6) is 1.07. The number of likely N-dealkylation sites (tertiary alicyclic amines) is 1. The van der Waals surface area contributed by atoms with E-state index in [1.54, 1.807) is 11.8 Å². The van der Waals surface area contributed by atoms with Gasteiger partial charge in [0.2, 0.25) is 17.7 Å². The van der Waals surface area contributed by atoms with Gasteiger partial charge < -0.3 is 18.8 Å². The first-order chi connectivity index (χ1) is 9.24. The molecule has 0 N–H and O–H groups in total. The molecule has 7 heteroatoms. The summed E-state index contributed by atoms with van der Waals surface area (Å²) in [6, 6.07) is -0.102. The van der Waals surface area contributed by atoms with Crippen molar-refractivity contribution in [1.29, 1.82) is 0 Å². The van der Waals surface area contributed by atoms with Crippen molar-refractivity contribution in [3.8, 4) is 0 Å². The SMILES string of the molecule is Cc1nnc([C@@H]2CCCN2C(=O)CC2OCCO2)o1. The number of rotatable bonds is 3. The molecule has 0 aromatic carbocycles. The van der Waals surface area contributed by atoms with E-state index in [2.05, 4.69) is 10.2 Å². The highest BCUT2D eigenvalue weighted by Gasteiger charge is 2.35. The molecule has 7 nitrogen and oxygen atoms in total. The van der Waals surface area contributed by atoms with E-state index in [1.807, 2.05) is 0 Å². The minimum absolute atomic E-state index is 0.0188. The predicted molar refractivity (Wildman–Crippen MR) is 63.0 cm³/mol. The quantitative estimate of drug-likeness (QED) is 0.806. The zero-order valence-electron chi connectivity index (χ0n) is 10.9. The second-order valence-corrected chi connectivity index (χ2v) is 4.78. The lowest BCUT2D eigenvalue weighted by Gasteiger charge is -2.23. The lowest BCUT2D eigenvalue weighted by atomic mass is 10.2. The van der Waals surface area contributed by atoms with Crippen LogP contribution in [0.4, 0.5) is 0 Å². The van der Waals surface area contributed by atoms with Gasteiger partial charge in [0.05, 0.1) is 19.6 Å². The first-order valence-electron chi connectivity index (χ1n) is 6.57. The molecule has 0 aliphatic carbocycles. The van der Waals surface area contributed by atoms with Gasteiger partial charge in [0.15, 0.2) is 6.29 Å². The van der Waals surface area contributed by atoms with Gasteiger partial charge in [0.25, 0.3) is 0 Å². The van der Waals surface area contributed by atoms with Gasteiger partial charge in [-0.1, -0.05) is 0 Å². The van der Waals surface area contributed by atoms with Crippen molar-refractivity contribution in [2.45, 2.75) is 38.5 Å². The van der Waals surface area contributed by atoms with Crippen LogP contribution in [-0.4, -0.2) is 47.1 Å². The summed E-state index contributed by atoms with van der Waals surface area (Å²) in [6.45, 7) is 3.59. The molecule has 3 heterocycles. The summed E-state index contributed by atoms with van der Waals surface area (Å²) in [6.07, 6.45) is 1.66. The molecule has 1 atom stereocenters. The van der Waals surface area contributed by atoms with Crippen molar-refractivity contribution >= 4 is 5.91 Å². The summed E-state index contributed by atoms with van der Waals surface area (Å²) < 4.78 is 16.1. The molecule has 0 saturated carbocycles. The number of carbonyl (C=O) groups is 1. The van der Waals surface area contributed by atoms with Crippen LogP contribution in [0.25, 0.3) is 0 Å². The monoisotopic (exact) mass is 267 g/mol. The van der Waals surface area contributed by atoms with E-state index in [9.17, 15) is 4.79 Å². The minimum atomic E-state index is -0.404. The average Bonchev–Trinajstić information content (AvgIpc) is 3.07. The molecule has 2 aliphatic rings. The molecule has 104 valence electrons. The van der Waals surface area contributed by atoms with Gasteiger partial charge in [-0.15, -0.1) is 10.2 Å².